The second-order valence-corrected chi connectivity index (χ2v) is 9.60. The second kappa shape index (κ2) is 12.0. The van der Waals surface area contributed by atoms with Gasteiger partial charge in [-0.05, 0) is 62.6 Å². The molecular formula is C30H36N4O2. The third-order valence-electron chi connectivity index (χ3n) is 6.79. The Morgan fingerprint density at radius 2 is 1.89 bits per heavy atom. The van der Waals surface area contributed by atoms with Gasteiger partial charge in [0.15, 0.2) is 0 Å². The van der Waals surface area contributed by atoms with Gasteiger partial charge in [-0.25, -0.2) is 0 Å². The lowest BCUT2D eigenvalue weighted by Gasteiger charge is -2.34. The van der Waals surface area contributed by atoms with Crippen molar-refractivity contribution in [2.45, 2.75) is 64.6 Å². The molecule has 0 radical (unpaired) electrons. The fourth-order valence-electron chi connectivity index (χ4n) is 5.24. The molecule has 0 spiro atoms. The highest BCUT2D eigenvalue weighted by molar-refractivity contribution is 6.07. The third kappa shape index (κ3) is 5.65. The van der Waals surface area contributed by atoms with Crippen LogP contribution in [0.1, 0.15) is 63.1 Å². The highest BCUT2D eigenvalue weighted by Gasteiger charge is 2.45. The summed E-state index contributed by atoms with van der Waals surface area (Å²) in [7, 11) is 0. The maximum atomic E-state index is 14.1. The Labute approximate surface area is 214 Å². The molecule has 1 unspecified atom stereocenters. The summed E-state index contributed by atoms with van der Waals surface area (Å²) in [6, 6.07) is 11.2. The van der Waals surface area contributed by atoms with Gasteiger partial charge in [-0.15, -0.1) is 0 Å². The number of carbonyl (C=O) groups excluding carboxylic acids is 2. The zero-order valence-corrected chi connectivity index (χ0v) is 21.3. The van der Waals surface area contributed by atoms with Gasteiger partial charge in [0.2, 0.25) is 5.91 Å². The Balaban J connectivity index is 1.69. The van der Waals surface area contributed by atoms with Gasteiger partial charge in [0.1, 0.15) is 6.04 Å². The van der Waals surface area contributed by atoms with Gasteiger partial charge in [0, 0.05) is 41.9 Å². The number of allylic oxidation sites excluding steroid dienone is 4. The summed E-state index contributed by atoms with van der Waals surface area (Å²) in [6.07, 6.45) is 14.6. The molecule has 1 fully saturated rings. The first-order valence-corrected chi connectivity index (χ1v) is 12.8. The Morgan fingerprint density at radius 1 is 1.17 bits per heavy atom. The van der Waals surface area contributed by atoms with E-state index in [4.69, 9.17) is 0 Å². The van der Waals surface area contributed by atoms with Crippen LogP contribution in [-0.4, -0.2) is 34.3 Å². The van der Waals surface area contributed by atoms with Crippen LogP contribution in [-0.2, 0) is 16.1 Å². The summed E-state index contributed by atoms with van der Waals surface area (Å²) in [4.78, 5) is 35.6. The van der Waals surface area contributed by atoms with E-state index >= 15 is 0 Å². The van der Waals surface area contributed by atoms with E-state index in [9.17, 15) is 9.59 Å². The Morgan fingerprint density at radius 3 is 2.58 bits per heavy atom. The summed E-state index contributed by atoms with van der Waals surface area (Å²) in [5.74, 6) is -0.184. The number of pyridine rings is 1. The number of hydrogen-bond donors (Lipinski definition) is 1. The largest absolute Gasteiger partial charge is 0.307 e. The lowest BCUT2D eigenvalue weighted by atomic mass is 9.94. The molecule has 2 aromatic rings. The molecular weight excluding hydrogens is 448 g/mol. The van der Waals surface area contributed by atoms with Crippen molar-refractivity contribution in [3.8, 4) is 0 Å². The van der Waals surface area contributed by atoms with Gasteiger partial charge in [0.25, 0.3) is 5.91 Å². The van der Waals surface area contributed by atoms with Crippen LogP contribution in [0.2, 0.25) is 0 Å². The first-order chi connectivity index (χ1) is 17.5. The number of hydrogen-bond acceptors (Lipinski definition) is 4. The number of carbonyl (C=O) groups is 2. The maximum absolute atomic E-state index is 14.1. The van der Waals surface area contributed by atoms with Crippen molar-refractivity contribution < 1.29 is 9.59 Å². The van der Waals surface area contributed by atoms with Gasteiger partial charge >= 0.3 is 0 Å². The normalized spacial score (nSPS) is 18.5. The third-order valence-corrected chi connectivity index (χ3v) is 6.79. The summed E-state index contributed by atoms with van der Waals surface area (Å²) in [5, 5.41) is 3.25. The molecule has 6 nitrogen and oxygen atoms in total. The maximum Gasteiger partial charge on any atom is 0.255 e. The van der Waals surface area contributed by atoms with E-state index in [1.54, 1.807) is 17.3 Å². The molecule has 36 heavy (non-hydrogen) atoms. The van der Waals surface area contributed by atoms with E-state index in [1.165, 1.54) is 6.42 Å². The quantitative estimate of drug-likeness (QED) is 0.480. The van der Waals surface area contributed by atoms with Crippen molar-refractivity contribution in [3.63, 3.8) is 0 Å². The van der Waals surface area contributed by atoms with Crippen LogP contribution in [0.4, 0.5) is 5.69 Å². The van der Waals surface area contributed by atoms with E-state index < -0.39 is 6.04 Å². The van der Waals surface area contributed by atoms with Crippen molar-refractivity contribution >= 4 is 17.5 Å². The van der Waals surface area contributed by atoms with Gasteiger partial charge in [-0.2, -0.15) is 0 Å². The lowest BCUT2D eigenvalue weighted by molar-refractivity contribution is -0.136. The molecule has 0 bridgehead atoms. The lowest BCUT2D eigenvalue weighted by Crippen LogP contribution is -2.46. The molecule has 2 aliphatic rings. The predicted octanol–water partition coefficient (Wildman–Crippen LogP) is 5.46. The van der Waals surface area contributed by atoms with Gasteiger partial charge in [-0.1, -0.05) is 55.7 Å². The number of benzene rings is 1. The number of rotatable bonds is 9. The highest BCUT2D eigenvalue weighted by atomic mass is 16.2. The standard InChI is InChI=1S/C30H36N4O2/c1-4-10-25(19-22(2)3)34(28(35)21-32-20-23-15-17-31-18-16-23)29-26-13-8-9-14-27(26)33(30(29)36)24-11-6-5-7-12-24/h4,8-10,13-19,24,29,32H,2,5-7,11-12,20-21H2,1,3H3/b10-4-,25-19+. The summed E-state index contributed by atoms with van der Waals surface area (Å²) >= 11 is 0. The van der Waals surface area contributed by atoms with Crippen LogP contribution >= 0.6 is 0 Å². The van der Waals surface area contributed by atoms with Crippen molar-refractivity contribution in [2.24, 2.45) is 0 Å². The fraction of sp³-hybridized carbons (Fsp3) is 0.367. The van der Waals surface area contributed by atoms with Crippen LogP contribution in [0.25, 0.3) is 0 Å². The number of nitrogens with one attached hydrogen (secondary N) is 1. The molecule has 2 heterocycles. The summed E-state index contributed by atoms with van der Waals surface area (Å²) < 4.78 is 0. The molecule has 1 N–H and O–H groups in total. The number of nitrogens with zero attached hydrogens (tertiary/aromatic N) is 3. The average Bonchev–Trinajstić information content (AvgIpc) is 3.17. The Bertz CT molecular complexity index is 1150. The number of anilines is 1. The summed E-state index contributed by atoms with van der Waals surface area (Å²) in [6.45, 7) is 8.48. The molecule has 1 aromatic carbocycles. The van der Waals surface area contributed by atoms with Crippen LogP contribution in [0, 0.1) is 0 Å². The minimum Gasteiger partial charge on any atom is -0.307 e. The number of aromatic nitrogens is 1. The molecule has 6 heteroatoms. The van der Waals surface area contributed by atoms with Gasteiger partial charge in [-0.3, -0.25) is 19.5 Å². The minimum absolute atomic E-state index is 0.0253. The summed E-state index contributed by atoms with van der Waals surface area (Å²) in [5.41, 5.74) is 4.33. The van der Waals surface area contributed by atoms with Crippen molar-refractivity contribution in [3.05, 3.63) is 96.0 Å². The first kappa shape index (κ1) is 25.6. The van der Waals surface area contributed by atoms with Gasteiger partial charge < -0.3 is 10.2 Å². The van der Waals surface area contributed by atoms with Crippen molar-refractivity contribution in [2.75, 3.05) is 11.4 Å². The van der Waals surface area contributed by atoms with Crippen LogP contribution in [0.15, 0.2) is 84.9 Å². The smallest absolute Gasteiger partial charge is 0.255 e. The first-order valence-electron chi connectivity index (χ1n) is 12.8. The SMILES string of the molecule is C=C(C)/C=C(\C=C/C)N(C(=O)CNCc1ccncc1)C1C(=O)N(C2CCCCC2)c2ccccc21. The molecule has 1 saturated carbocycles. The van der Waals surface area contributed by atoms with E-state index in [1.807, 2.05) is 73.4 Å². The molecule has 1 aliphatic carbocycles. The number of fused-ring (bicyclic) bond motifs is 1. The Kier molecular flexibility index (Phi) is 8.49. The van der Waals surface area contributed by atoms with E-state index in [2.05, 4.69) is 16.9 Å². The average molecular weight is 485 g/mol. The number of para-hydroxylation sites is 1. The molecule has 4 rings (SSSR count). The Hall–Kier alpha value is -3.51. The topological polar surface area (TPSA) is 65.5 Å². The minimum atomic E-state index is -0.708. The second-order valence-electron chi connectivity index (χ2n) is 9.60. The van der Waals surface area contributed by atoms with E-state index in [-0.39, 0.29) is 24.4 Å². The predicted molar refractivity (Wildman–Crippen MR) is 144 cm³/mol. The molecule has 0 saturated heterocycles. The zero-order valence-electron chi connectivity index (χ0n) is 21.3. The van der Waals surface area contributed by atoms with Crippen molar-refractivity contribution in [1.82, 2.24) is 15.2 Å². The zero-order chi connectivity index (χ0) is 25.5. The molecule has 1 aromatic heterocycles. The molecule has 188 valence electrons. The van der Waals surface area contributed by atoms with Gasteiger partial charge in [0.05, 0.1) is 6.54 Å². The number of amides is 2. The van der Waals surface area contributed by atoms with Crippen LogP contribution < -0.4 is 10.2 Å². The van der Waals surface area contributed by atoms with Crippen molar-refractivity contribution in [1.29, 1.82) is 0 Å². The fourth-order valence-corrected chi connectivity index (χ4v) is 5.24. The molecule has 2 amide bonds. The monoisotopic (exact) mass is 484 g/mol. The highest BCUT2D eigenvalue weighted by Crippen LogP contribution is 2.44. The van der Waals surface area contributed by atoms with Crippen LogP contribution in [0.5, 0.6) is 0 Å². The van der Waals surface area contributed by atoms with E-state index in [0.29, 0.717) is 12.2 Å². The van der Waals surface area contributed by atoms with E-state index in [0.717, 1.165) is 48.1 Å². The molecule has 1 atom stereocenters. The van der Waals surface area contributed by atoms with Crippen LogP contribution in [0.3, 0.4) is 0 Å². The molecule has 1 aliphatic heterocycles.